The van der Waals surface area contributed by atoms with Crippen LogP contribution in [0.4, 0.5) is 10.8 Å². The zero-order valence-corrected chi connectivity index (χ0v) is 10.2. The lowest BCUT2D eigenvalue weighted by Gasteiger charge is -2.01. The lowest BCUT2D eigenvalue weighted by molar-refractivity contribution is 0.960. The highest BCUT2D eigenvalue weighted by Crippen LogP contribution is 2.22. The number of hydrogen-bond donors (Lipinski definition) is 2. The van der Waals surface area contributed by atoms with Crippen LogP contribution < -0.4 is 11.1 Å². The summed E-state index contributed by atoms with van der Waals surface area (Å²) in [6.45, 7) is 0.428. The normalized spacial score (nSPS) is 10.3. The summed E-state index contributed by atoms with van der Waals surface area (Å²) >= 11 is 4.86. The summed E-state index contributed by atoms with van der Waals surface area (Å²) in [6.07, 6.45) is 0. The Hall–Kier alpha value is -0.980. The molecule has 2 aromatic rings. The number of nitrogens with one attached hydrogen (secondary N) is 1. The molecule has 15 heavy (non-hydrogen) atoms. The second-order valence-corrected chi connectivity index (χ2v) is 4.82. The van der Waals surface area contributed by atoms with Crippen LogP contribution in [0.15, 0.2) is 28.7 Å². The minimum absolute atomic E-state index is 0.428. The number of nitrogens with zero attached hydrogens (tertiary/aromatic N) is 2. The summed E-state index contributed by atoms with van der Waals surface area (Å²) in [5.41, 5.74) is 6.43. The van der Waals surface area contributed by atoms with Crippen molar-refractivity contribution in [2.45, 2.75) is 6.54 Å². The molecule has 0 spiro atoms. The van der Waals surface area contributed by atoms with E-state index in [1.54, 1.807) is 0 Å². The first-order chi connectivity index (χ1) is 7.28. The van der Waals surface area contributed by atoms with Gasteiger partial charge in [0.2, 0.25) is 5.13 Å². The van der Waals surface area contributed by atoms with Gasteiger partial charge in [-0.2, -0.15) is 0 Å². The van der Waals surface area contributed by atoms with Gasteiger partial charge in [-0.3, -0.25) is 0 Å². The summed E-state index contributed by atoms with van der Waals surface area (Å²) in [7, 11) is 0. The molecular weight excluding hydrogens is 276 g/mol. The van der Waals surface area contributed by atoms with Gasteiger partial charge >= 0.3 is 0 Å². The number of hydrogen-bond acceptors (Lipinski definition) is 5. The van der Waals surface area contributed by atoms with E-state index in [-0.39, 0.29) is 0 Å². The van der Waals surface area contributed by atoms with E-state index >= 15 is 0 Å². The van der Waals surface area contributed by atoms with Gasteiger partial charge in [0, 0.05) is 16.7 Å². The number of halogens is 1. The monoisotopic (exact) mass is 284 g/mol. The van der Waals surface area contributed by atoms with Crippen LogP contribution in [-0.2, 0) is 6.54 Å². The van der Waals surface area contributed by atoms with Crippen molar-refractivity contribution in [1.82, 2.24) is 10.2 Å². The van der Waals surface area contributed by atoms with E-state index in [0.717, 1.165) is 20.3 Å². The first kappa shape index (κ1) is 10.5. The molecule has 78 valence electrons. The molecule has 0 aliphatic heterocycles. The smallest absolute Gasteiger partial charge is 0.210 e. The van der Waals surface area contributed by atoms with Gasteiger partial charge in [0.25, 0.3) is 0 Å². The Morgan fingerprint density at radius 1 is 1.40 bits per heavy atom. The van der Waals surface area contributed by atoms with Crippen molar-refractivity contribution in [3.05, 3.63) is 33.7 Å². The average Bonchev–Trinajstić information content (AvgIpc) is 2.65. The van der Waals surface area contributed by atoms with Crippen LogP contribution in [-0.4, -0.2) is 10.2 Å². The Morgan fingerprint density at radius 3 is 2.93 bits per heavy atom. The number of anilines is 2. The highest BCUT2D eigenvalue weighted by atomic mass is 79.9. The van der Waals surface area contributed by atoms with Crippen molar-refractivity contribution < 1.29 is 0 Å². The van der Waals surface area contributed by atoms with Gasteiger partial charge in [-0.1, -0.05) is 33.3 Å². The van der Waals surface area contributed by atoms with Crippen molar-refractivity contribution in [2.75, 3.05) is 5.32 Å². The lowest BCUT2D eigenvalue weighted by Crippen LogP contribution is -1.94. The van der Waals surface area contributed by atoms with Crippen LogP contribution in [0.1, 0.15) is 5.01 Å². The predicted octanol–water partition coefficient (Wildman–Crippen LogP) is 2.50. The molecular formula is C9H9BrN4S. The van der Waals surface area contributed by atoms with Gasteiger partial charge in [0.15, 0.2) is 0 Å². The third kappa shape index (κ3) is 2.74. The summed E-state index contributed by atoms with van der Waals surface area (Å²) in [6, 6.07) is 7.87. The van der Waals surface area contributed by atoms with Crippen molar-refractivity contribution in [1.29, 1.82) is 0 Å². The maximum Gasteiger partial charge on any atom is 0.210 e. The summed E-state index contributed by atoms with van der Waals surface area (Å²) in [4.78, 5) is 0. The summed E-state index contributed by atoms with van der Waals surface area (Å²) in [5.74, 6) is 0. The minimum atomic E-state index is 0.428. The number of benzene rings is 1. The lowest BCUT2D eigenvalue weighted by atomic mass is 10.3. The van der Waals surface area contributed by atoms with E-state index < -0.39 is 0 Å². The quantitative estimate of drug-likeness (QED) is 0.909. The fourth-order valence-electron chi connectivity index (χ4n) is 1.08. The van der Waals surface area contributed by atoms with Gasteiger partial charge in [-0.05, 0) is 18.2 Å². The minimum Gasteiger partial charge on any atom is -0.330 e. The van der Waals surface area contributed by atoms with E-state index in [1.807, 2.05) is 24.3 Å². The van der Waals surface area contributed by atoms with E-state index in [0.29, 0.717) is 6.54 Å². The molecule has 0 fully saturated rings. The summed E-state index contributed by atoms with van der Waals surface area (Å²) < 4.78 is 1.02. The molecule has 6 heteroatoms. The molecule has 3 N–H and O–H groups in total. The number of rotatable bonds is 3. The van der Waals surface area contributed by atoms with Gasteiger partial charge in [0.1, 0.15) is 5.01 Å². The SMILES string of the molecule is NCc1nnc(Nc2cccc(Br)c2)s1. The van der Waals surface area contributed by atoms with E-state index in [9.17, 15) is 0 Å². The molecule has 0 bridgehead atoms. The maximum absolute atomic E-state index is 5.45. The molecule has 0 radical (unpaired) electrons. The molecule has 0 saturated heterocycles. The standard InChI is InChI=1S/C9H9BrN4S/c10-6-2-1-3-7(4-6)12-9-14-13-8(5-11)15-9/h1-4H,5,11H2,(H,12,14). The van der Waals surface area contributed by atoms with Crippen molar-refractivity contribution in [3.63, 3.8) is 0 Å². The highest BCUT2D eigenvalue weighted by Gasteiger charge is 2.02. The number of nitrogens with two attached hydrogens (primary N) is 1. The van der Waals surface area contributed by atoms with Gasteiger partial charge in [-0.25, -0.2) is 0 Å². The van der Waals surface area contributed by atoms with Gasteiger partial charge in [-0.15, -0.1) is 10.2 Å². The molecule has 1 aromatic carbocycles. The second-order valence-electron chi connectivity index (χ2n) is 2.84. The van der Waals surface area contributed by atoms with Crippen LogP contribution in [0.25, 0.3) is 0 Å². The zero-order valence-electron chi connectivity index (χ0n) is 7.77. The van der Waals surface area contributed by atoms with Crippen LogP contribution >= 0.6 is 27.3 Å². The van der Waals surface area contributed by atoms with Gasteiger partial charge < -0.3 is 11.1 Å². The maximum atomic E-state index is 5.45. The molecule has 0 aliphatic carbocycles. The summed E-state index contributed by atoms with van der Waals surface area (Å²) in [5, 5.41) is 12.6. The molecule has 1 heterocycles. The third-order valence-corrected chi connectivity index (χ3v) is 3.07. The first-order valence-electron chi connectivity index (χ1n) is 4.33. The molecule has 0 aliphatic rings. The topological polar surface area (TPSA) is 63.8 Å². The first-order valence-corrected chi connectivity index (χ1v) is 5.94. The highest BCUT2D eigenvalue weighted by molar-refractivity contribution is 9.10. The molecule has 2 rings (SSSR count). The Balaban J connectivity index is 2.14. The van der Waals surface area contributed by atoms with E-state index in [4.69, 9.17) is 5.73 Å². The molecule has 0 saturated carbocycles. The zero-order chi connectivity index (χ0) is 10.7. The van der Waals surface area contributed by atoms with Crippen molar-refractivity contribution in [3.8, 4) is 0 Å². The Labute approximate surface area is 99.7 Å². The van der Waals surface area contributed by atoms with Crippen molar-refractivity contribution >= 4 is 38.1 Å². The Bertz CT molecular complexity index is 457. The third-order valence-electron chi connectivity index (χ3n) is 1.72. The molecule has 0 atom stereocenters. The fraction of sp³-hybridized carbons (Fsp3) is 0.111. The fourth-order valence-corrected chi connectivity index (χ4v) is 2.11. The Kier molecular flexibility index (Phi) is 3.30. The van der Waals surface area contributed by atoms with Crippen LogP contribution in [0.5, 0.6) is 0 Å². The second kappa shape index (κ2) is 4.69. The van der Waals surface area contributed by atoms with E-state index in [2.05, 4.69) is 31.4 Å². The number of aromatic nitrogens is 2. The van der Waals surface area contributed by atoms with E-state index in [1.165, 1.54) is 11.3 Å². The predicted molar refractivity (Wildman–Crippen MR) is 65.2 cm³/mol. The Morgan fingerprint density at radius 2 is 2.27 bits per heavy atom. The van der Waals surface area contributed by atoms with Crippen molar-refractivity contribution in [2.24, 2.45) is 5.73 Å². The van der Waals surface area contributed by atoms with Crippen LogP contribution in [0.3, 0.4) is 0 Å². The van der Waals surface area contributed by atoms with Gasteiger partial charge in [0.05, 0.1) is 0 Å². The molecule has 0 unspecified atom stereocenters. The molecule has 4 nitrogen and oxygen atoms in total. The molecule has 0 amide bonds. The molecule has 1 aromatic heterocycles. The van der Waals surface area contributed by atoms with Crippen LogP contribution in [0, 0.1) is 0 Å². The average molecular weight is 285 g/mol. The van der Waals surface area contributed by atoms with Crippen LogP contribution in [0.2, 0.25) is 0 Å². The largest absolute Gasteiger partial charge is 0.330 e.